The summed E-state index contributed by atoms with van der Waals surface area (Å²) in [5.74, 6) is -1.19. The smallest absolute Gasteiger partial charge is 0.196 e. The molecule has 2 rings (SSSR count). The van der Waals surface area contributed by atoms with E-state index in [1.54, 1.807) is 0 Å². The van der Waals surface area contributed by atoms with E-state index in [4.69, 9.17) is 28.9 Å². The fraction of sp³-hybridized carbons (Fsp3) is 0. The number of benzene rings is 2. The van der Waals surface area contributed by atoms with Crippen LogP contribution >= 0.6 is 39.1 Å². The number of hydrogen-bond donors (Lipinski definition) is 1. The van der Waals surface area contributed by atoms with E-state index in [2.05, 4.69) is 15.9 Å². The lowest BCUT2D eigenvalue weighted by atomic mass is 10.0. The minimum atomic E-state index is -0.667. The standard InChI is InChI=1S/C13H7BrCl2FNO/c14-10-5-12(17)9(4-11(10)16)13(19)6-1-7(15)3-8(18)2-6/h1-5H,18H2. The van der Waals surface area contributed by atoms with Crippen LogP contribution in [0.5, 0.6) is 0 Å². The van der Waals surface area contributed by atoms with Crippen LogP contribution in [0.2, 0.25) is 10.0 Å². The van der Waals surface area contributed by atoms with E-state index >= 15 is 0 Å². The molecule has 0 aliphatic heterocycles. The number of nitrogens with two attached hydrogens (primary N) is 1. The molecule has 2 aromatic carbocycles. The first kappa shape index (κ1) is 14.3. The zero-order valence-electron chi connectivity index (χ0n) is 9.38. The van der Waals surface area contributed by atoms with Gasteiger partial charge in [0.25, 0.3) is 0 Å². The number of rotatable bonds is 2. The van der Waals surface area contributed by atoms with Crippen molar-refractivity contribution >= 4 is 50.6 Å². The lowest BCUT2D eigenvalue weighted by molar-refractivity contribution is 0.103. The van der Waals surface area contributed by atoms with E-state index < -0.39 is 11.6 Å². The Balaban J connectivity index is 2.53. The van der Waals surface area contributed by atoms with Crippen molar-refractivity contribution in [2.45, 2.75) is 0 Å². The number of carbonyl (C=O) groups excluding carboxylic acids is 1. The highest BCUT2D eigenvalue weighted by atomic mass is 79.9. The van der Waals surface area contributed by atoms with Crippen LogP contribution in [0, 0.1) is 5.82 Å². The van der Waals surface area contributed by atoms with E-state index in [0.29, 0.717) is 15.2 Å². The van der Waals surface area contributed by atoms with Crippen LogP contribution in [0.1, 0.15) is 15.9 Å². The molecule has 2 N–H and O–H groups in total. The largest absolute Gasteiger partial charge is 0.399 e. The third kappa shape index (κ3) is 3.08. The van der Waals surface area contributed by atoms with E-state index in [9.17, 15) is 9.18 Å². The van der Waals surface area contributed by atoms with Gasteiger partial charge in [-0.1, -0.05) is 23.2 Å². The van der Waals surface area contributed by atoms with Crippen molar-refractivity contribution < 1.29 is 9.18 Å². The average Bonchev–Trinajstić information content (AvgIpc) is 2.31. The molecule has 6 heteroatoms. The third-order valence-corrected chi connectivity index (χ3v) is 3.85. The molecular formula is C13H7BrCl2FNO. The number of hydrogen-bond acceptors (Lipinski definition) is 2. The van der Waals surface area contributed by atoms with Crippen molar-refractivity contribution in [3.63, 3.8) is 0 Å². The molecule has 0 aliphatic carbocycles. The third-order valence-electron chi connectivity index (χ3n) is 2.44. The van der Waals surface area contributed by atoms with Gasteiger partial charge < -0.3 is 5.73 Å². The second-order valence-corrected chi connectivity index (χ2v) is 5.55. The molecule has 0 spiro atoms. The minimum absolute atomic E-state index is 0.130. The Labute approximate surface area is 127 Å². The normalized spacial score (nSPS) is 10.5. The predicted octanol–water partition coefficient (Wildman–Crippen LogP) is 4.71. The van der Waals surface area contributed by atoms with Crippen LogP contribution in [-0.4, -0.2) is 5.78 Å². The summed E-state index contributed by atoms with van der Waals surface area (Å²) in [6, 6.07) is 6.77. The molecule has 0 aromatic heterocycles. The van der Waals surface area contributed by atoms with Crippen molar-refractivity contribution in [3.8, 4) is 0 Å². The second kappa shape index (κ2) is 5.49. The summed E-state index contributed by atoms with van der Waals surface area (Å²) >= 11 is 14.8. The average molecular weight is 363 g/mol. The van der Waals surface area contributed by atoms with Gasteiger partial charge in [0.1, 0.15) is 5.82 Å². The summed E-state index contributed by atoms with van der Waals surface area (Å²) in [4.78, 5) is 12.2. The van der Waals surface area contributed by atoms with Crippen molar-refractivity contribution in [1.29, 1.82) is 0 Å². The zero-order chi connectivity index (χ0) is 14.2. The second-order valence-electron chi connectivity index (χ2n) is 3.85. The summed E-state index contributed by atoms with van der Waals surface area (Å²) in [5, 5.41) is 0.562. The molecule has 0 bridgehead atoms. The molecule has 2 aromatic rings. The number of ketones is 1. The molecule has 0 saturated heterocycles. The number of anilines is 1. The van der Waals surface area contributed by atoms with Gasteiger partial charge in [-0.05, 0) is 46.3 Å². The Morgan fingerprint density at radius 2 is 1.84 bits per heavy atom. The van der Waals surface area contributed by atoms with Crippen molar-refractivity contribution in [2.24, 2.45) is 0 Å². The fourth-order valence-electron chi connectivity index (χ4n) is 1.60. The highest BCUT2D eigenvalue weighted by molar-refractivity contribution is 9.10. The van der Waals surface area contributed by atoms with Gasteiger partial charge in [0.05, 0.1) is 10.6 Å². The maximum absolute atomic E-state index is 13.8. The van der Waals surface area contributed by atoms with Gasteiger partial charge >= 0.3 is 0 Å². The van der Waals surface area contributed by atoms with Crippen LogP contribution in [-0.2, 0) is 0 Å². The maximum Gasteiger partial charge on any atom is 0.196 e. The minimum Gasteiger partial charge on any atom is -0.399 e. The molecule has 0 radical (unpaired) electrons. The summed E-state index contributed by atoms with van der Waals surface area (Å²) in [6.07, 6.45) is 0. The summed E-state index contributed by atoms with van der Waals surface area (Å²) in [5.41, 5.74) is 6.02. The van der Waals surface area contributed by atoms with E-state index in [0.717, 1.165) is 6.07 Å². The van der Waals surface area contributed by atoms with Crippen LogP contribution in [0.3, 0.4) is 0 Å². The van der Waals surface area contributed by atoms with E-state index in [1.165, 1.54) is 24.3 Å². The molecule has 0 heterocycles. The fourth-order valence-corrected chi connectivity index (χ4v) is 2.32. The van der Waals surface area contributed by atoms with Crippen LogP contribution in [0.15, 0.2) is 34.8 Å². The Morgan fingerprint density at radius 1 is 1.16 bits per heavy atom. The molecule has 19 heavy (non-hydrogen) atoms. The first-order valence-electron chi connectivity index (χ1n) is 5.14. The number of halogens is 4. The van der Waals surface area contributed by atoms with E-state index in [-0.39, 0.29) is 16.1 Å². The molecule has 0 amide bonds. The predicted molar refractivity (Wildman–Crippen MR) is 78.4 cm³/mol. The lowest BCUT2D eigenvalue weighted by Gasteiger charge is -2.06. The van der Waals surface area contributed by atoms with Crippen molar-refractivity contribution in [1.82, 2.24) is 0 Å². The Bertz CT molecular complexity index is 656. The van der Waals surface area contributed by atoms with Gasteiger partial charge in [-0.15, -0.1) is 0 Å². The van der Waals surface area contributed by atoms with Crippen molar-refractivity contribution in [2.75, 3.05) is 5.73 Å². The Kier molecular flexibility index (Phi) is 4.13. The van der Waals surface area contributed by atoms with Crippen LogP contribution in [0.25, 0.3) is 0 Å². The zero-order valence-corrected chi connectivity index (χ0v) is 12.5. The van der Waals surface area contributed by atoms with Crippen LogP contribution < -0.4 is 5.73 Å². The van der Waals surface area contributed by atoms with Gasteiger partial charge in [0.15, 0.2) is 5.78 Å². The van der Waals surface area contributed by atoms with Gasteiger partial charge in [-0.2, -0.15) is 0 Å². The first-order chi connectivity index (χ1) is 8.88. The molecule has 0 saturated carbocycles. The molecule has 0 atom stereocenters. The van der Waals surface area contributed by atoms with Crippen LogP contribution in [0.4, 0.5) is 10.1 Å². The molecule has 0 aliphatic rings. The molecule has 2 nitrogen and oxygen atoms in total. The van der Waals surface area contributed by atoms with E-state index in [1.807, 2.05) is 0 Å². The topological polar surface area (TPSA) is 43.1 Å². The highest BCUT2D eigenvalue weighted by Crippen LogP contribution is 2.28. The molecular weight excluding hydrogens is 356 g/mol. The maximum atomic E-state index is 13.8. The number of nitrogen functional groups attached to an aromatic ring is 1. The quantitative estimate of drug-likeness (QED) is 0.477. The van der Waals surface area contributed by atoms with Gasteiger partial charge in [0, 0.05) is 20.7 Å². The van der Waals surface area contributed by atoms with Crippen molar-refractivity contribution in [3.05, 3.63) is 61.8 Å². The van der Waals surface area contributed by atoms with Gasteiger partial charge in [-0.25, -0.2) is 4.39 Å². The molecule has 0 fully saturated rings. The number of carbonyl (C=O) groups is 1. The molecule has 0 unspecified atom stereocenters. The summed E-state index contributed by atoms with van der Waals surface area (Å²) in [7, 11) is 0. The molecule has 98 valence electrons. The Morgan fingerprint density at radius 3 is 2.47 bits per heavy atom. The monoisotopic (exact) mass is 361 g/mol. The lowest BCUT2D eigenvalue weighted by Crippen LogP contribution is -2.05. The summed E-state index contributed by atoms with van der Waals surface area (Å²) < 4.78 is 14.2. The van der Waals surface area contributed by atoms with Gasteiger partial charge in [0.2, 0.25) is 0 Å². The van der Waals surface area contributed by atoms with Gasteiger partial charge in [-0.3, -0.25) is 4.79 Å². The first-order valence-corrected chi connectivity index (χ1v) is 6.68. The summed E-state index contributed by atoms with van der Waals surface area (Å²) in [6.45, 7) is 0. The Hall–Kier alpha value is -1.10. The highest BCUT2D eigenvalue weighted by Gasteiger charge is 2.17. The SMILES string of the molecule is Nc1cc(Cl)cc(C(=O)c2cc(Cl)c(Br)cc2F)c1.